The molecule has 35 heavy (non-hydrogen) atoms. The number of piperidine rings is 2. The van der Waals surface area contributed by atoms with Crippen LogP contribution < -0.4 is 4.74 Å². The average Bonchev–Trinajstić information content (AvgIpc) is 2.82. The van der Waals surface area contributed by atoms with Crippen molar-refractivity contribution < 1.29 is 23.7 Å². The van der Waals surface area contributed by atoms with Crippen molar-refractivity contribution in [3.05, 3.63) is 41.7 Å². The summed E-state index contributed by atoms with van der Waals surface area (Å²) in [5.41, 5.74) is 0.0599. The Kier molecular flexibility index (Phi) is 8.31. The molecule has 1 aromatic heterocycles. The Labute approximate surface area is 205 Å². The molecule has 4 rings (SSSR count). The monoisotopic (exact) mass is 490 g/mol. The van der Waals surface area contributed by atoms with Crippen molar-refractivity contribution in [3.8, 4) is 17.1 Å². The fourth-order valence-corrected chi connectivity index (χ4v) is 4.90. The molecule has 192 valence electrons. The molecule has 0 amide bonds. The largest absolute Gasteiger partial charge is 0.476 e. The molecule has 1 unspecified atom stereocenters. The van der Waals surface area contributed by atoms with Crippen LogP contribution in [-0.4, -0.2) is 81.3 Å². The molecule has 2 N–H and O–H groups in total. The summed E-state index contributed by atoms with van der Waals surface area (Å²) in [5, 5.41) is 28.7. The van der Waals surface area contributed by atoms with Crippen LogP contribution in [0.25, 0.3) is 11.3 Å². The van der Waals surface area contributed by atoms with Crippen molar-refractivity contribution in [1.29, 1.82) is 0 Å². The van der Waals surface area contributed by atoms with Crippen LogP contribution in [0.15, 0.2) is 30.3 Å². The third kappa shape index (κ3) is 7.16. The zero-order valence-corrected chi connectivity index (χ0v) is 20.5. The van der Waals surface area contributed by atoms with Crippen LogP contribution >= 0.6 is 0 Å². The number of β-amino-alcohol motifs (C(OH)–C–C–N with tert-alkyl or cyclic N) is 1. The number of aromatic nitrogens is 2. The van der Waals surface area contributed by atoms with Crippen LogP contribution in [0.4, 0.5) is 8.78 Å². The van der Waals surface area contributed by atoms with E-state index < -0.39 is 23.8 Å². The summed E-state index contributed by atoms with van der Waals surface area (Å²) in [6.45, 7) is 6.87. The highest BCUT2D eigenvalue weighted by Gasteiger charge is 2.27. The van der Waals surface area contributed by atoms with Gasteiger partial charge < -0.3 is 19.8 Å². The van der Waals surface area contributed by atoms with Gasteiger partial charge in [0.2, 0.25) is 5.88 Å². The molecule has 2 atom stereocenters. The maximum atomic E-state index is 14.8. The molecule has 2 aliphatic rings. The van der Waals surface area contributed by atoms with Gasteiger partial charge in [-0.3, -0.25) is 4.90 Å². The van der Waals surface area contributed by atoms with E-state index in [9.17, 15) is 19.0 Å². The zero-order chi connectivity index (χ0) is 25.0. The summed E-state index contributed by atoms with van der Waals surface area (Å²) in [4.78, 5) is 3.84. The Morgan fingerprint density at radius 1 is 1.11 bits per heavy atom. The first-order chi connectivity index (χ1) is 16.7. The maximum absolute atomic E-state index is 14.8. The SMILES string of the molecule is CC(C)(F)CN1CCC(COc2ccc(-c3ccc(C(O)N4CCC[C@@H](O)C4)c(F)c3)nn2)CC1. The molecule has 1 aromatic carbocycles. The van der Waals surface area contributed by atoms with Crippen LogP contribution in [0.1, 0.15) is 51.3 Å². The summed E-state index contributed by atoms with van der Waals surface area (Å²) < 4.78 is 34.5. The second kappa shape index (κ2) is 11.2. The number of hydrogen-bond donors (Lipinski definition) is 2. The van der Waals surface area contributed by atoms with Gasteiger partial charge in [-0.15, -0.1) is 10.2 Å². The average molecular weight is 491 g/mol. The van der Waals surface area contributed by atoms with Gasteiger partial charge in [0.25, 0.3) is 0 Å². The summed E-state index contributed by atoms with van der Waals surface area (Å²) in [6.07, 6.45) is 1.76. The van der Waals surface area contributed by atoms with Crippen LogP contribution in [0.3, 0.4) is 0 Å². The van der Waals surface area contributed by atoms with Gasteiger partial charge in [-0.25, -0.2) is 8.78 Å². The van der Waals surface area contributed by atoms with E-state index in [1.807, 2.05) is 0 Å². The molecule has 9 heteroatoms. The number of alkyl halides is 1. The van der Waals surface area contributed by atoms with E-state index >= 15 is 0 Å². The van der Waals surface area contributed by atoms with Crippen molar-refractivity contribution in [2.45, 2.75) is 57.5 Å². The Bertz CT molecular complexity index is 962. The van der Waals surface area contributed by atoms with Gasteiger partial charge >= 0.3 is 0 Å². The molecule has 0 saturated carbocycles. The molecule has 0 radical (unpaired) electrons. The van der Waals surface area contributed by atoms with Crippen molar-refractivity contribution in [2.75, 3.05) is 39.3 Å². The molecule has 3 heterocycles. The van der Waals surface area contributed by atoms with Crippen molar-refractivity contribution >= 4 is 0 Å². The van der Waals surface area contributed by atoms with E-state index in [0.29, 0.717) is 55.7 Å². The quantitative estimate of drug-likeness (QED) is 0.586. The molecule has 0 aliphatic carbocycles. The van der Waals surface area contributed by atoms with Crippen molar-refractivity contribution in [2.24, 2.45) is 5.92 Å². The van der Waals surface area contributed by atoms with Crippen LogP contribution in [0.2, 0.25) is 0 Å². The Morgan fingerprint density at radius 2 is 1.89 bits per heavy atom. The van der Waals surface area contributed by atoms with Gasteiger partial charge in [0.15, 0.2) is 0 Å². The van der Waals surface area contributed by atoms with Gasteiger partial charge in [0.05, 0.1) is 18.4 Å². The zero-order valence-electron chi connectivity index (χ0n) is 20.5. The van der Waals surface area contributed by atoms with E-state index in [4.69, 9.17) is 4.74 Å². The van der Waals surface area contributed by atoms with Crippen LogP contribution in [0.5, 0.6) is 5.88 Å². The fraction of sp³-hybridized carbons (Fsp3) is 0.615. The number of aliphatic hydroxyl groups is 2. The summed E-state index contributed by atoms with van der Waals surface area (Å²) in [5.74, 6) is 0.279. The number of hydrogen-bond acceptors (Lipinski definition) is 7. The van der Waals surface area contributed by atoms with E-state index in [-0.39, 0.29) is 5.56 Å². The smallest absolute Gasteiger partial charge is 0.233 e. The minimum atomic E-state index is -1.18. The highest BCUT2D eigenvalue weighted by molar-refractivity contribution is 5.59. The standard InChI is InChI=1S/C26H36F2N4O3/c1-26(2,28)17-31-12-9-18(10-13-31)16-35-24-8-7-23(29-30-24)19-5-6-21(22(27)14-19)25(34)32-11-3-4-20(33)15-32/h5-8,14,18,20,25,33-34H,3-4,9-13,15-17H2,1-2H3/t20-,25?/m1/s1. The van der Waals surface area contributed by atoms with Crippen LogP contribution in [-0.2, 0) is 0 Å². The molecule has 0 spiro atoms. The van der Waals surface area contributed by atoms with E-state index in [0.717, 1.165) is 32.4 Å². The summed E-state index contributed by atoms with van der Waals surface area (Å²) in [7, 11) is 0. The molecule has 2 saturated heterocycles. The van der Waals surface area contributed by atoms with E-state index in [1.165, 1.54) is 6.07 Å². The summed E-state index contributed by atoms with van der Waals surface area (Å²) >= 11 is 0. The first-order valence-corrected chi connectivity index (χ1v) is 12.5. The summed E-state index contributed by atoms with van der Waals surface area (Å²) in [6, 6.07) is 8.06. The van der Waals surface area contributed by atoms with Gasteiger partial charge in [-0.2, -0.15) is 0 Å². The second-order valence-electron chi connectivity index (χ2n) is 10.4. The predicted molar refractivity (Wildman–Crippen MR) is 129 cm³/mol. The molecule has 7 nitrogen and oxygen atoms in total. The maximum Gasteiger partial charge on any atom is 0.233 e. The minimum Gasteiger partial charge on any atom is -0.476 e. The van der Waals surface area contributed by atoms with E-state index in [1.54, 1.807) is 43.0 Å². The highest BCUT2D eigenvalue weighted by atomic mass is 19.1. The lowest BCUT2D eigenvalue weighted by Crippen LogP contribution is -2.41. The highest BCUT2D eigenvalue weighted by Crippen LogP contribution is 2.28. The molecule has 2 fully saturated rings. The third-order valence-electron chi connectivity index (χ3n) is 6.76. The number of nitrogens with zero attached hydrogens (tertiary/aromatic N) is 4. The Hall–Kier alpha value is -2.20. The number of aliphatic hydroxyl groups excluding tert-OH is 2. The lowest BCUT2D eigenvalue weighted by atomic mass is 9.97. The molecule has 0 bridgehead atoms. The topological polar surface area (TPSA) is 82.0 Å². The van der Waals surface area contributed by atoms with Gasteiger partial charge in [-0.05, 0) is 70.7 Å². The predicted octanol–water partition coefficient (Wildman–Crippen LogP) is 3.57. The number of ether oxygens (including phenoxy) is 1. The van der Waals surface area contributed by atoms with Gasteiger partial charge in [0, 0.05) is 36.8 Å². The minimum absolute atomic E-state index is 0.178. The number of benzene rings is 1. The molecular formula is C26H36F2N4O3. The first-order valence-electron chi connectivity index (χ1n) is 12.5. The second-order valence-corrected chi connectivity index (χ2v) is 10.4. The number of rotatable bonds is 8. The Balaban J connectivity index is 1.30. The fourth-order valence-electron chi connectivity index (χ4n) is 4.90. The molecule has 2 aromatic rings. The lowest BCUT2D eigenvalue weighted by molar-refractivity contribution is -0.0472. The van der Waals surface area contributed by atoms with E-state index in [2.05, 4.69) is 15.1 Å². The molecule has 2 aliphatic heterocycles. The molecular weight excluding hydrogens is 454 g/mol. The first kappa shape index (κ1) is 25.9. The van der Waals surface area contributed by atoms with Gasteiger partial charge in [-0.1, -0.05) is 12.1 Å². The lowest BCUT2D eigenvalue weighted by Gasteiger charge is -2.34. The van der Waals surface area contributed by atoms with Gasteiger partial charge in [0.1, 0.15) is 17.7 Å². The third-order valence-corrected chi connectivity index (χ3v) is 6.76. The normalized spacial score (nSPS) is 21.7. The number of halogens is 2. The van der Waals surface area contributed by atoms with Crippen LogP contribution in [0, 0.1) is 11.7 Å². The number of likely N-dealkylation sites (tertiary alicyclic amines) is 2. The van der Waals surface area contributed by atoms with Crippen molar-refractivity contribution in [3.63, 3.8) is 0 Å². The van der Waals surface area contributed by atoms with Crippen molar-refractivity contribution in [1.82, 2.24) is 20.0 Å². The Morgan fingerprint density at radius 3 is 2.51 bits per heavy atom.